The molecule has 1 saturated heterocycles. The highest BCUT2D eigenvalue weighted by Crippen LogP contribution is 2.33. The number of hydrogen-bond acceptors (Lipinski definition) is 10. The lowest BCUT2D eigenvalue weighted by Gasteiger charge is -2.26. The average molecular weight is 1390 g/mol. The molecule has 0 aliphatic carbocycles. The quantitative estimate of drug-likeness (QED) is 0.0940. The van der Waals surface area contributed by atoms with Crippen LogP contribution in [0, 0.1) is 5.92 Å². The van der Waals surface area contributed by atoms with Gasteiger partial charge in [-0.05, 0) is 160 Å². The van der Waals surface area contributed by atoms with Crippen molar-refractivity contribution in [3.05, 3.63) is 347 Å². The molecule has 17 aromatic rings. The molecule has 1 N–H and O–H groups in total. The Morgan fingerprint density at radius 2 is 0.632 bits per heavy atom. The number of phenols is 1. The maximum atomic E-state index is 9.39. The summed E-state index contributed by atoms with van der Waals surface area (Å²) in [4.78, 5) is 20.7. The Morgan fingerprint density at radius 3 is 0.972 bits per heavy atom. The predicted molar refractivity (Wildman–Crippen MR) is 426 cm³/mol. The van der Waals surface area contributed by atoms with Gasteiger partial charge in [0.05, 0.1) is 67.4 Å². The maximum Gasteiger partial charge on any atom is 0.137 e. The topological polar surface area (TPSA) is 130 Å². The van der Waals surface area contributed by atoms with Crippen molar-refractivity contribution in [3.63, 3.8) is 0 Å². The van der Waals surface area contributed by atoms with E-state index in [9.17, 15) is 5.11 Å². The van der Waals surface area contributed by atoms with Gasteiger partial charge in [0.2, 0.25) is 0 Å². The molecule has 0 radical (unpaired) electrons. The van der Waals surface area contributed by atoms with Crippen LogP contribution in [0.4, 0.5) is 0 Å². The summed E-state index contributed by atoms with van der Waals surface area (Å²) in [7, 11) is 0. The number of morpholine rings is 1. The van der Waals surface area contributed by atoms with Crippen LogP contribution in [-0.4, -0.2) is 93.6 Å². The summed E-state index contributed by atoms with van der Waals surface area (Å²) in [6, 6.07) is 99.8. The molecule has 14 heteroatoms. The number of aromatic hydroxyl groups is 1. The van der Waals surface area contributed by atoms with Gasteiger partial charge in [-0.15, -0.1) is 0 Å². The molecule has 1 fully saturated rings. The minimum Gasteiger partial charge on any atom is -0.508 e. The summed E-state index contributed by atoms with van der Waals surface area (Å²) >= 11 is 0. The Labute approximate surface area is 616 Å². The van der Waals surface area contributed by atoms with E-state index in [0.717, 1.165) is 169 Å². The van der Waals surface area contributed by atoms with Crippen LogP contribution in [0.25, 0.3) is 112 Å². The van der Waals surface area contributed by atoms with E-state index in [-0.39, 0.29) is 5.75 Å². The number of pyridine rings is 4. The van der Waals surface area contributed by atoms with Crippen LogP contribution in [0.3, 0.4) is 0 Å². The minimum absolute atomic E-state index is 0.275. The van der Waals surface area contributed by atoms with Crippen LogP contribution in [0.1, 0.15) is 13.8 Å². The van der Waals surface area contributed by atoms with Gasteiger partial charge in [-0.25, -0.2) is 19.9 Å². The summed E-state index contributed by atoms with van der Waals surface area (Å²) in [6.45, 7) is 10.3. The molecule has 18 rings (SSSR count). The fourth-order valence-corrected chi connectivity index (χ4v) is 12.8. The van der Waals surface area contributed by atoms with Crippen LogP contribution in [0.15, 0.2) is 347 Å². The second-order valence-corrected chi connectivity index (χ2v) is 26.2. The second-order valence-electron chi connectivity index (χ2n) is 26.2. The lowest BCUT2D eigenvalue weighted by atomic mass is 10.1. The molecule has 9 aromatic carbocycles. The van der Waals surface area contributed by atoms with Gasteiger partial charge >= 0.3 is 0 Å². The van der Waals surface area contributed by atoms with Gasteiger partial charge in [-0.2, -0.15) is 0 Å². The van der Waals surface area contributed by atoms with E-state index in [4.69, 9.17) is 18.9 Å². The number of phenolic OH excluding ortho intramolecular Hbond substituents is 1. The number of imidazole rings is 4. The molecule has 0 saturated carbocycles. The van der Waals surface area contributed by atoms with Crippen LogP contribution in [-0.2, 0) is 4.74 Å². The first kappa shape index (κ1) is 68.6. The van der Waals surface area contributed by atoms with Gasteiger partial charge in [0.25, 0.3) is 0 Å². The highest BCUT2D eigenvalue weighted by molar-refractivity contribution is 5.76. The summed E-state index contributed by atoms with van der Waals surface area (Å²) in [5.41, 5.74) is 21.7. The van der Waals surface area contributed by atoms with Crippen LogP contribution in [0.5, 0.6) is 28.7 Å². The third kappa shape index (κ3) is 16.7. The minimum atomic E-state index is 0.275. The summed E-state index contributed by atoms with van der Waals surface area (Å²) in [6.07, 6.45) is 16.0. The van der Waals surface area contributed by atoms with Gasteiger partial charge in [-0.1, -0.05) is 202 Å². The SMILES string of the molecule is CC(C)COc1ccc(-c2ccn3c(-c4ccccc4)cnc3c2)cc1.Oc1ccc(-c2ccn3c(-c4ccccc4)cnc3c2)cc1.c1ccc(-c2cnc3cc(-c4ccc(OCCN5CCOCC5)cc4)ccn23)cc1.c1ccc(Oc2ccc(-c3ccn4c(-c5ccccc5)cnc4c3)cc2)cc1. The Bertz CT molecular complexity index is 5650. The number of rotatable bonds is 17. The van der Waals surface area contributed by atoms with E-state index in [2.05, 4.69) is 208 Å². The maximum absolute atomic E-state index is 9.39. The molecule has 14 nitrogen and oxygen atoms in total. The van der Waals surface area contributed by atoms with Crippen molar-refractivity contribution in [2.45, 2.75) is 13.8 Å². The zero-order valence-corrected chi connectivity index (χ0v) is 59.0. The van der Waals surface area contributed by atoms with E-state index in [1.54, 1.807) is 12.1 Å². The Hall–Kier alpha value is -13.1. The van der Waals surface area contributed by atoms with Crippen LogP contribution < -0.4 is 14.2 Å². The molecular weight excluding hydrogens is 1310 g/mol. The van der Waals surface area contributed by atoms with Crippen molar-refractivity contribution in [1.82, 2.24) is 42.4 Å². The summed E-state index contributed by atoms with van der Waals surface area (Å²) in [5, 5.41) is 9.39. The van der Waals surface area contributed by atoms with E-state index >= 15 is 0 Å². The molecule has 0 amide bonds. The number of ether oxygens (including phenoxy) is 4. The molecule has 9 heterocycles. The number of hydrogen-bond donors (Lipinski definition) is 1. The first-order valence-electron chi connectivity index (χ1n) is 35.7. The summed E-state index contributed by atoms with van der Waals surface area (Å²) in [5.74, 6) is 4.27. The standard InChI is InChI=1S/C25H25N3O2.C25H18N2O.C23H22N2O.C19H14N2O/c1-2-4-21(5-3-1)24-19-26-25-18-22(10-11-28(24)25)20-6-8-23(9-7-20)30-17-14-27-12-15-29-16-13-27;1-3-7-20(8-4-1)24-18-26-25-17-21(15-16-27(24)25)19-11-13-23(14-12-19)28-22-9-5-2-6-10-22;1-17(2)16-26-21-10-8-18(9-11-21)20-12-13-25-22(15-24-23(25)14-20)19-6-4-3-5-7-19;22-17-8-6-14(7-9-17)16-10-11-21-18(13-20-19(21)12-16)15-4-2-1-3-5-15/h1-11,18-19H,12-17H2;1-18H;3-15,17H,16H2,1-2H3;1-13,22H. The Kier molecular flexibility index (Phi) is 21.3. The average Bonchev–Trinajstić information content (AvgIpc) is 1.64. The first-order chi connectivity index (χ1) is 52.2. The van der Waals surface area contributed by atoms with Gasteiger partial charge < -0.3 is 24.1 Å². The van der Waals surface area contributed by atoms with Crippen LogP contribution in [0.2, 0.25) is 0 Å². The fourth-order valence-electron chi connectivity index (χ4n) is 12.8. The third-order valence-corrected chi connectivity index (χ3v) is 18.4. The second kappa shape index (κ2) is 32.9. The van der Waals surface area contributed by atoms with Crippen LogP contribution >= 0.6 is 0 Å². The molecule has 8 aromatic heterocycles. The van der Waals surface area contributed by atoms with Gasteiger partial charge in [-0.3, -0.25) is 22.5 Å². The van der Waals surface area contributed by atoms with Gasteiger partial charge in [0.1, 0.15) is 57.9 Å². The van der Waals surface area contributed by atoms with Crippen molar-refractivity contribution in [2.75, 3.05) is 46.1 Å². The fraction of sp³-hybridized carbons (Fsp3) is 0.109. The zero-order chi connectivity index (χ0) is 71.8. The number of fused-ring (bicyclic) bond motifs is 4. The van der Waals surface area contributed by atoms with E-state index in [1.165, 1.54) is 5.56 Å². The van der Waals surface area contributed by atoms with Crippen molar-refractivity contribution in [1.29, 1.82) is 0 Å². The number of nitrogens with zero attached hydrogens (tertiary/aromatic N) is 9. The lowest BCUT2D eigenvalue weighted by Crippen LogP contribution is -2.38. The smallest absolute Gasteiger partial charge is 0.137 e. The third-order valence-electron chi connectivity index (χ3n) is 18.4. The molecule has 0 bridgehead atoms. The predicted octanol–water partition coefficient (Wildman–Crippen LogP) is 20.9. The van der Waals surface area contributed by atoms with E-state index in [0.29, 0.717) is 12.5 Å². The number of aromatic nitrogens is 8. The molecule has 106 heavy (non-hydrogen) atoms. The van der Waals surface area contributed by atoms with Gasteiger partial charge in [0, 0.05) is 66.7 Å². The lowest BCUT2D eigenvalue weighted by molar-refractivity contribution is 0.0322. The molecule has 0 unspecified atom stereocenters. The largest absolute Gasteiger partial charge is 0.508 e. The molecule has 522 valence electrons. The molecule has 0 atom stereocenters. The normalized spacial score (nSPS) is 12.1. The highest BCUT2D eigenvalue weighted by Gasteiger charge is 2.15. The Balaban J connectivity index is 0.000000114. The number of para-hydroxylation sites is 1. The monoisotopic (exact) mass is 1390 g/mol. The molecule has 1 aliphatic rings. The zero-order valence-electron chi connectivity index (χ0n) is 59.0. The van der Waals surface area contributed by atoms with Crippen molar-refractivity contribution >= 4 is 22.6 Å². The summed E-state index contributed by atoms with van der Waals surface area (Å²) < 4.78 is 31.4. The van der Waals surface area contributed by atoms with Crippen molar-refractivity contribution < 1.29 is 24.1 Å². The molecule has 0 spiro atoms. The van der Waals surface area contributed by atoms with E-state index < -0.39 is 0 Å². The highest BCUT2D eigenvalue weighted by atomic mass is 16.5. The first-order valence-corrected chi connectivity index (χ1v) is 35.7. The molecular formula is C92H79N9O5. The van der Waals surface area contributed by atoms with Crippen molar-refractivity contribution in [3.8, 4) is 118 Å². The van der Waals surface area contributed by atoms with Gasteiger partial charge in [0.15, 0.2) is 0 Å². The number of benzene rings is 9. The van der Waals surface area contributed by atoms with Crippen molar-refractivity contribution in [2.24, 2.45) is 5.92 Å². The molecule has 1 aliphatic heterocycles. The Morgan fingerprint density at radius 1 is 0.330 bits per heavy atom. The van der Waals surface area contributed by atoms with E-state index in [1.807, 2.05) is 183 Å².